The number of fused-ring (bicyclic) bond motifs is 1. The molecule has 0 radical (unpaired) electrons. The minimum Gasteiger partial charge on any atom is -0.507 e. The summed E-state index contributed by atoms with van der Waals surface area (Å²) >= 11 is 0. The van der Waals surface area contributed by atoms with Gasteiger partial charge in [-0.2, -0.15) is 0 Å². The van der Waals surface area contributed by atoms with Crippen molar-refractivity contribution in [3.8, 4) is 11.5 Å². The quantitative estimate of drug-likeness (QED) is 0.350. The minimum absolute atomic E-state index is 0.203. The zero-order valence-electron chi connectivity index (χ0n) is 17.3. The molecule has 0 aliphatic heterocycles. The van der Waals surface area contributed by atoms with Gasteiger partial charge in [0.05, 0.1) is 32.5 Å². The smallest absolute Gasteiger partial charge is 0.342 e. The Morgan fingerprint density at radius 2 is 1.25 bits per heavy atom. The van der Waals surface area contributed by atoms with Crippen molar-refractivity contribution in [1.29, 1.82) is 0 Å². The van der Waals surface area contributed by atoms with Gasteiger partial charge in [0.25, 0.3) is 0 Å². The van der Waals surface area contributed by atoms with Crippen molar-refractivity contribution in [2.45, 2.75) is 0 Å². The van der Waals surface area contributed by atoms with E-state index in [0.717, 1.165) is 27.4 Å². The van der Waals surface area contributed by atoms with Crippen LogP contribution in [-0.4, -0.2) is 55.2 Å². The first-order valence-corrected chi connectivity index (χ1v) is 9.17. The van der Waals surface area contributed by atoms with Crippen LogP contribution in [0.2, 0.25) is 0 Å². The molecular weight excluding hydrogens is 420 g/mol. The van der Waals surface area contributed by atoms with Crippen molar-refractivity contribution in [2.75, 3.05) is 21.3 Å². The van der Waals surface area contributed by atoms with Crippen LogP contribution in [0.25, 0.3) is 10.8 Å². The highest BCUT2D eigenvalue weighted by atomic mass is 16.5. The third-order valence-corrected chi connectivity index (χ3v) is 4.87. The molecule has 0 fully saturated rings. The van der Waals surface area contributed by atoms with Gasteiger partial charge in [0.1, 0.15) is 22.6 Å². The van der Waals surface area contributed by atoms with Crippen LogP contribution >= 0.6 is 0 Å². The standard InChI is InChI=1S/C23H18O9/c1-30-21(27)15-10-14(16(22(28)31-2)17(20(15)26)23(29)32-3)19(25)13-9-8-11-6-4-5-7-12(11)18(13)24/h4-10,24,26H,1-3H3. The second kappa shape index (κ2) is 8.76. The molecule has 9 nitrogen and oxygen atoms in total. The number of methoxy groups -OCH3 is 3. The number of ketones is 1. The Hall–Kier alpha value is -4.40. The summed E-state index contributed by atoms with van der Waals surface area (Å²) in [6.07, 6.45) is 0. The Kier molecular flexibility index (Phi) is 6.10. The molecule has 3 aromatic carbocycles. The molecule has 2 N–H and O–H groups in total. The fourth-order valence-electron chi connectivity index (χ4n) is 3.32. The van der Waals surface area contributed by atoms with Gasteiger partial charge < -0.3 is 24.4 Å². The lowest BCUT2D eigenvalue weighted by Crippen LogP contribution is -2.20. The summed E-state index contributed by atoms with van der Waals surface area (Å²) in [7, 11) is 3.03. The maximum absolute atomic E-state index is 13.4. The molecular formula is C23H18O9. The first kappa shape index (κ1) is 22.3. The van der Waals surface area contributed by atoms with Crippen LogP contribution in [0, 0.1) is 0 Å². The fraction of sp³-hybridized carbons (Fsp3) is 0.130. The number of aromatic hydroxyl groups is 2. The number of phenolic OH excluding ortho intramolecular Hbond substituents is 2. The van der Waals surface area contributed by atoms with Crippen LogP contribution in [0.1, 0.15) is 47.0 Å². The topological polar surface area (TPSA) is 136 Å². The van der Waals surface area contributed by atoms with E-state index in [1.165, 1.54) is 6.07 Å². The Morgan fingerprint density at radius 3 is 1.88 bits per heavy atom. The summed E-state index contributed by atoms with van der Waals surface area (Å²) in [5.41, 5.74) is -2.59. The zero-order chi connectivity index (χ0) is 23.6. The highest BCUT2D eigenvalue weighted by molar-refractivity contribution is 6.21. The van der Waals surface area contributed by atoms with Gasteiger partial charge in [-0.05, 0) is 17.5 Å². The average Bonchev–Trinajstić information content (AvgIpc) is 2.82. The third kappa shape index (κ3) is 3.60. The zero-order valence-corrected chi connectivity index (χ0v) is 17.3. The van der Waals surface area contributed by atoms with Crippen molar-refractivity contribution < 1.29 is 43.6 Å². The van der Waals surface area contributed by atoms with Gasteiger partial charge in [-0.25, -0.2) is 14.4 Å². The molecule has 0 saturated heterocycles. The van der Waals surface area contributed by atoms with Crippen LogP contribution in [0.5, 0.6) is 11.5 Å². The SMILES string of the molecule is COC(=O)c1cc(C(=O)c2ccc3ccccc3c2O)c(C(=O)OC)c(C(=O)OC)c1O. The molecule has 0 atom stereocenters. The van der Waals surface area contributed by atoms with Gasteiger partial charge in [0.2, 0.25) is 0 Å². The molecule has 0 saturated carbocycles. The number of esters is 3. The maximum Gasteiger partial charge on any atom is 0.342 e. The number of ether oxygens (including phenoxy) is 3. The van der Waals surface area contributed by atoms with Crippen LogP contribution < -0.4 is 0 Å². The highest BCUT2D eigenvalue weighted by Crippen LogP contribution is 2.35. The normalized spacial score (nSPS) is 10.5. The molecule has 3 aromatic rings. The predicted octanol–water partition coefficient (Wildman–Crippen LogP) is 2.84. The van der Waals surface area contributed by atoms with E-state index in [9.17, 15) is 29.4 Å². The largest absolute Gasteiger partial charge is 0.507 e. The second-order valence-electron chi connectivity index (χ2n) is 6.56. The van der Waals surface area contributed by atoms with E-state index < -0.39 is 51.7 Å². The molecule has 9 heteroatoms. The van der Waals surface area contributed by atoms with E-state index in [4.69, 9.17) is 4.74 Å². The number of benzene rings is 3. The highest BCUT2D eigenvalue weighted by Gasteiger charge is 2.34. The summed E-state index contributed by atoms with van der Waals surface area (Å²) in [5.74, 6) is -5.57. The van der Waals surface area contributed by atoms with E-state index in [2.05, 4.69) is 9.47 Å². The van der Waals surface area contributed by atoms with E-state index in [1.807, 2.05) is 0 Å². The van der Waals surface area contributed by atoms with E-state index >= 15 is 0 Å². The average molecular weight is 438 g/mol. The molecule has 3 rings (SSSR count). The number of hydrogen-bond acceptors (Lipinski definition) is 9. The fourth-order valence-corrected chi connectivity index (χ4v) is 3.32. The summed E-state index contributed by atoms with van der Waals surface area (Å²) < 4.78 is 13.9. The van der Waals surface area contributed by atoms with Crippen molar-refractivity contribution in [3.63, 3.8) is 0 Å². The van der Waals surface area contributed by atoms with Crippen molar-refractivity contribution in [3.05, 3.63) is 70.3 Å². The summed E-state index contributed by atoms with van der Waals surface area (Å²) in [6.45, 7) is 0. The molecule has 0 aromatic heterocycles. The number of carbonyl (C=O) groups excluding carboxylic acids is 4. The summed E-state index contributed by atoms with van der Waals surface area (Å²) in [5, 5.41) is 22.3. The number of carbonyl (C=O) groups is 4. The number of rotatable bonds is 5. The van der Waals surface area contributed by atoms with Gasteiger partial charge in [-0.1, -0.05) is 30.3 Å². The molecule has 0 heterocycles. The Balaban J connectivity index is 2.39. The number of hydrogen-bond donors (Lipinski definition) is 2. The van der Waals surface area contributed by atoms with Crippen LogP contribution in [0.4, 0.5) is 0 Å². The van der Waals surface area contributed by atoms with Crippen molar-refractivity contribution >= 4 is 34.5 Å². The minimum atomic E-state index is -1.19. The summed E-state index contributed by atoms with van der Waals surface area (Å²) in [4.78, 5) is 50.6. The lowest BCUT2D eigenvalue weighted by atomic mass is 9.90. The van der Waals surface area contributed by atoms with Gasteiger partial charge in [0.15, 0.2) is 5.78 Å². The van der Waals surface area contributed by atoms with E-state index in [-0.39, 0.29) is 11.3 Å². The maximum atomic E-state index is 13.4. The number of phenols is 2. The molecule has 0 bridgehead atoms. The van der Waals surface area contributed by atoms with Crippen molar-refractivity contribution in [1.82, 2.24) is 0 Å². The predicted molar refractivity (Wildman–Crippen MR) is 111 cm³/mol. The molecule has 0 aliphatic rings. The van der Waals surface area contributed by atoms with Gasteiger partial charge >= 0.3 is 17.9 Å². The van der Waals surface area contributed by atoms with Crippen LogP contribution in [0.3, 0.4) is 0 Å². The Labute approximate surface area is 181 Å². The van der Waals surface area contributed by atoms with Gasteiger partial charge in [0, 0.05) is 10.9 Å². The molecule has 0 unspecified atom stereocenters. The second-order valence-corrected chi connectivity index (χ2v) is 6.56. The lowest BCUT2D eigenvalue weighted by Gasteiger charge is -2.16. The van der Waals surface area contributed by atoms with Gasteiger partial charge in [-0.15, -0.1) is 0 Å². The molecule has 32 heavy (non-hydrogen) atoms. The lowest BCUT2D eigenvalue weighted by molar-refractivity contribution is 0.0546. The third-order valence-electron chi connectivity index (χ3n) is 4.87. The Morgan fingerprint density at radius 1 is 0.656 bits per heavy atom. The van der Waals surface area contributed by atoms with Crippen molar-refractivity contribution in [2.24, 2.45) is 0 Å². The first-order valence-electron chi connectivity index (χ1n) is 9.17. The van der Waals surface area contributed by atoms with Crippen LogP contribution in [0.15, 0.2) is 42.5 Å². The van der Waals surface area contributed by atoms with E-state index in [0.29, 0.717) is 10.8 Å². The van der Waals surface area contributed by atoms with E-state index in [1.54, 1.807) is 30.3 Å². The molecule has 0 aliphatic carbocycles. The first-order chi connectivity index (χ1) is 15.3. The van der Waals surface area contributed by atoms with Crippen LogP contribution in [-0.2, 0) is 14.2 Å². The van der Waals surface area contributed by atoms with Gasteiger partial charge in [-0.3, -0.25) is 4.79 Å². The molecule has 0 amide bonds. The monoisotopic (exact) mass is 438 g/mol. The molecule has 0 spiro atoms. The summed E-state index contributed by atoms with van der Waals surface area (Å²) in [6, 6.07) is 10.6. The molecule has 164 valence electrons. The Bertz CT molecular complexity index is 1270.